The predicted molar refractivity (Wildman–Crippen MR) is 81.5 cm³/mol. The summed E-state index contributed by atoms with van der Waals surface area (Å²) < 4.78 is 5.74. The van der Waals surface area contributed by atoms with Gasteiger partial charge in [-0.05, 0) is 44.5 Å². The molecule has 0 bridgehead atoms. The summed E-state index contributed by atoms with van der Waals surface area (Å²) in [6.07, 6.45) is 0. The van der Waals surface area contributed by atoms with E-state index in [4.69, 9.17) is 4.74 Å². The Balaban J connectivity index is 1.90. The van der Waals surface area contributed by atoms with Gasteiger partial charge in [0.05, 0.1) is 6.54 Å². The molecule has 4 heteroatoms. The molecule has 0 saturated heterocycles. The summed E-state index contributed by atoms with van der Waals surface area (Å²) in [7, 11) is 1.98. The molecule has 2 rings (SSSR count). The number of anilines is 1. The number of ether oxygens (including phenoxy) is 1. The first kappa shape index (κ1) is 14.3. The SMILES string of the molecule is Cc1cccc(OCCN(C)c2nc(C)cc(C)n2)c1. The van der Waals surface area contributed by atoms with Gasteiger partial charge >= 0.3 is 0 Å². The number of likely N-dealkylation sites (N-methyl/N-ethyl adjacent to an activating group) is 1. The second-order valence-corrected chi connectivity index (χ2v) is 5.04. The highest BCUT2D eigenvalue weighted by Crippen LogP contribution is 2.13. The van der Waals surface area contributed by atoms with E-state index in [1.807, 2.05) is 50.1 Å². The van der Waals surface area contributed by atoms with Crippen molar-refractivity contribution in [2.45, 2.75) is 20.8 Å². The van der Waals surface area contributed by atoms with E-state index in [9.17, 15) is 0 Å². The van der Waals surface area contributed by atoms with Crippen LogP contribution in [0.5, 0.6) is 5.75 Å². The molecule has 1 heterocycles. The molecule has 1 aromatic heterocycles. The van der Waals surface area contributed by atoms with Crippen LogP contribution < -0.4 is 9.64 Å². The zero-order chi connectivity index (χ0) is 14.5. The molecule has 0 radical (unpaired) electrons. The Morgan fingerprint density at radius 2 is 1.75 bits per heavy atom. The van der Waals surface area contributed by atoms with Crippen molar-refractivity contribution in [2.24, 2.45) is 0 Å². The van der Waals surface area contributed by atoms with E-state index < -0.39 is 0 Å². The highest BCUT2D eigenvalue weighted by atomic mass is 16.5. The van der Waals surface area contributed by atoms with E-state index in [0.717, 1.165) is 29.6 Å². The Morgan fingerprint density at radius 1 is 1.05 bits per heavy atom. The normalized spacial score (nSPS) is 10.4. The number of rotatable bonds is 5. The van der Waals surface area contributed by atoms with Gasteiger partial charge in [-0.25, -0.2) is 9.97 Å². The van der Waals surface area contributed by atoms with E-state index in [1.54, 1.807) is 0 Å². The smallest absolute Gasteiger partial charge is 0.225 e. The van der Waals surface area contributed by atoms with Gasteiger partial charge in [0.25, 0.3) is 0 Å². The van der Waals surface area contributed by atoms with Crippen molar-refractivity contribution in [3.05, 3.63) is 47.3 Å². The third-order valence-corrected chi connectivity index (χ3v) is 3.00. The number of nitrogens with zero attached hydrogens (tertiary/aromatic N) is 3. The average molecular weight is 271 g/mol. The molecule has 0 aliphatic rings. The van der Waals surface area contributed by atoms with Crippen LogP contribution in [0.1, 0.15) is 17.0 Å². The molecule has 0 saturated carbocycles. The van der Waals surface area contributed by atoms with Crippen molar-refractivity contribution in [1.29, 1.82) is 0 Å². The molecule has 0 unspecified atom stereocenters. The second-order valence-electron chi connectivity index (χ2n) is 5.04. The lowest BCUT2D eigenvalue weighted by atomic mass is 10.2. The molecule has 0 N–H and O–H groups in total. The fraction of sp³-hybridized carbons (Fsp3) is 0.375. The van der Waals surface area contributed by atoms with Crippen molar-refractivity contribution in [3.8, 4) is 5.75 Å². The summed E-state index contributed by atoms with van der Waals surface area (Å²) in [6, 6.07) is 10.0. The third-order valence-electron chi connectivity index (χ3n) is 3.00. The van der Waals surface area contributed by atoms with Gasteiger partial charge in [-0.15, -0.1) is 0 Å². The second kappa shape index (κ2) is 6.37. The van der Waals surface area contributed by atoms with Crippen LogP contribution in [0.4, 0.5) is 5.95 Å². The van der Waals surface area contributed by atoms with Crippen LogP contribution in [-0.2, 0) is 0 Å². The lowest BCUT2D eigenvalue weighted by molar-refractivity contribution is 0.325. The summed E-state index contributed by atoms with van der Waals surface area (Å²) >= 11 is 0. The summed E-state index contributed by atoms with van der Waals surface area (Å²) in [4.78, 5) is 10.9. The van der Waals surface area contributed by atoms with Crippen LogP contribution >= 0.6 is 0 Å². The first-order valence-corrected chi connectivity index (χ1v) is 6.77. The average Bonchev–Trinajstić information content (AvgIpc) is 2.37. The summed E-state index contributed by atoms with van der Waals surface area (Å²) in [5.74, 6) is 1.65. The van der Waals surface area contributed by atoms with Gasteiger partial charge in [0.2, 0.25) is 5.95 Å². The van der Waals surface area contributed by atoms with Crippen LogP contribution in [0.2, 0.25) is 0 Å². The Morgan fingerprint density at radius 3 is 2.40 bits per heavy atom. The Hall–Kier alpha value is -2.10. The molecule has 0 aliphatic carbocycles. The molecule has 2 aromatic rings. The molecular formula is C16H21N3O. The maximum atomic E-state index is 5.74. The molecule has 20 heavy (non-hydrogen) atoms. The fourth-order valence-corrected chi connectivity index (χ4v) is 1.98. The number of benzene rings is 1. The molecule has 0 spiro atoms. The van der Waals surface area contributed by atoms with E-state index in [2.05, 4.69) is 23.0 Å². The molecule has 0 amide bonds. The minimum Gasteiger partial charge on any atom is -0.492 e. The number of hydrogen-bond donors (Lipinski definition) is 0. The number of aromatic nitrogens is 2. The maximum absolute atomic E-state index is 5.74. The van der Waals surface area contributed by atoms with E-state index in [1.165, 1.54) is 5.56 Å². The molecule has 0 aliphatic heterocycles. The van der Waals surface area contributed by atoms with Crippen molar-refractivity contribution in [2.75, 3.05) is 25.1 Å². The number of aryl methyl sites for hydroxylation is 3. The fourth-order valence-electron chi connectivity index (χ4n) is 1.98. The molecule has 106 valence electrons. The summed E-state index contributed by atoms with van der Waals surface area (Å²) in [6.45, 7) is 7.38. The quantitative estimate of drug-likeness (QED) is 0.838. The van der Waals surface area contributed by atoms with Crippen LogP contribution in [0.15, 0.2) is 30.3 Å². The van der Waals surface area contributed by atoms with Crippen LogP contribution in [0.25, 0.3) is 0 Å². The van der Waals surface area contributed by atoms with Crippen molar-refractivity contribution in [1.82, 2.24) is 9.97 Å². The lowest BCUT2D eigenvalue weighted by Crippen LogP contribution is -2.26. The first-order chi connectivity index (χ1) is 9.54. The monoisotopic (exact) mass is 271 g/mol. The zero-order valence-corrected chi connectivity index (χ0v) is 12.6. The Kier molecular flexibility index (Phi) is 4.56. The first-order valence-electron chi connectivity index (χ1n) is 6.77. The largest absolute Gasteiger partial charge is 0.492 e. The summed E-state index contributed by atoms with van der Waals surface area (Å²) in [5, 5.41) is 0. The van der Waals surface area contributed by atoms with E-state index in [-0.39, 0.29) is 0 Å². The van der Waals surface area contributed by atoms with Gasteiger partial charge in [0.15, 0.2) is 0 Å². The zero-order valence-electron chi connectivity index (χ0n) is 12.6. The van der Waals surface area contributed by atoms with Crippen LogP contribution in [-0.4, -0.2) is 30.2 Å². The van der Waals surface area contributed by atoms with Gasteiger partial charge in [0, 0.05) is 18.4 Å². The van der Waals surface area contributed by atoms with Crippen LogP contribution in [0, 0.1) is 20.8 Å². The van der Waals surface area contributed by atoms with Gasteiger partial charge < -0.3 is 9.64 Å². The van der Waals surface area contributed by atoms with E-state index in [0.29, 0.717) is 6.61 Å². The van der Waals surface area contributed by atoms with Gasteiger partial charge in [0.1, 0.15) is 12.4 Å². The van der Waals surface area contributed by atoms with Crippen molar-refractivity contribution < 1.29 is 4.74 Å². The van der Waals surface area contributed by atoms with Gasteiger partial charge in [-0.2, -0.15) is 0 Å². The molecule has 0 atom stereocenters. The Bertz CT molecular complexity index is 563. The third kappa shape index (κ3) is 3.95. The maximum Gasteiger partial charge on any atom is 0.225 e. The molecular weight excluding hydrogens is 250 g/mol. The standard InChI is InChI=1S/C16H21N3O/c1-12-6-5-7-15(10-12)20-9-8-19(4)16-17-13(2)11-14(3)18-16/h5-7,10-11H,8-9H2,1-4H3. The topological polar surface area (TPSA) is 38.2 Å². The highest BCUT2D eigenvalue weighted by molar-refractivity contribution is 5.31. The lowest BCUT2D eigenvalue weighted by Gasteiger charge is -2.18. The van der Waals surface area contributed by atoms with Gasteiger partial charge in [-0.1, -0.05) is 12.1 Å². The highest BCUT2D eigenvalue weighted by Gasteiger charge is 2.06. The molecule has 0 fully saturated rings. The predicted octanol–water partition coefficient (Wildman–Crippen LogP) is 2.92. The molecule has 4 nitrogen and oxygen atoms in total. The minimum absolute atomic E-state index is 0.607. The van der Waals surface area contributed by atoms with Gasteiger partial charge in [-0.3, -0.25) is 0 Å². The summed E-state index contributed by atoms with van der Waals surface area (Å²) in [5.41, 5.74) is 3.17. The molecule has 1 aromatic carbocycles. The van der Waals surface area contributed by atoms with Crippen molar-refractivity contribution >= 4 is 5.95 Å². The Labute approximate surface area is 120 Å². The van der Waals surface area contributed by atoms with Crippen molar-refractivity contribution in [3.63, 3.8) is 0 Å². The van der Waals surface area contributed by atoms with E-state index >= 15 is 0 Å². The van der Waals surface area contributed by atoms with Crippen LogP contribution in [0.3, 0.4) is 0 Å². The number of hydrogen-bond acceptors (Lipinski definition) is 4. The minimum atomic E-state index is 0.607.